The van der Waals surface area contributed by atoms with Crippen LogP contribution in [0.2, 0.25) is 0 Å². The van der Waals surface area contributed by atoms with Crippen LogP contribution in [0.25, 0.3) is 6.08 Å². The van der Waals surface area contributed by atoms with Gasteiger partial charge in [-0.05, 0) is 17.7 Å². The van der Waals surface area contributed by atoms with Crippen LogP contribution in [0.4, 0.5) is 5.69 Å². The van der Waals surface area contributed by atoms with E-state index in [1.54, 1.807) is 0 Å². The predicted octanol–water partition coefficient (Wildman–Crippen LogP) is -1.76. The summed E-state index contributed by atoms with van der Waals surface area (Å²) in [5.41, 5.74) is 4.44. The quantitative estimate of drug-likeness (QED) is 0.502. The minimum absolute atomic E-state index is 0. The van der Waals surface area contributed by atoms with Crippen molar-refractivity contribution in [1.29, 1.82) is 0 Å². The van der Waals surface area contributed by atoms with Crippen LogP contribution in [-0.2, 0) is 0 Å². The summed E-state index contributed by atoms with van der Waals surface area (Å²) >= 11 is 0. The van der Waals surface area contributed by atoms with Crippen LogP contribution >= 0.6 is 0 Å². The zero-order valence-electron chi connectivity index (χ0n) is 12.5. The molecule has 3 saturated heterocycles. The molecule has 5 heteroatoms. The summed E-state index contributed by atoms with van der Waals surface area (Å²) in [6.07, 6.45) is 4.46. The van der Waals surface area contributed by atoms with Crippen molar-refractivity contribution in [2.45, 2.75) is 12.8 Å². The number of anilines is 1. The maximum absolute atomic E-state index is 9.31. The number of quaternary nitrogens is 1. The molecule has 2 bridgehead atoms. The predicted molar refractivity (Wildman–Crippen MR) is 81.4 cm³/mol. The minimum Gasteiger partial charge on any atom is -1.00 e. The number of nitrogens with one attached hydrogen (secondary N) is 1. The first kappa shape index (κ1) is 15.9. The normalized spacial score (nSPS) is 27.7. The number of halogens is 1. The highest BCUT2D eigenvalue weighted by Crippen LogP contribution is 2.23. The number of nitrogens with zero attached hydrogens (tertiary/aromatic N) is 2. The molecule has 114 valence electrons. The lowest BCUT2D eigenvalue weighted by molar-refractivity contribution is -0.865. The number of oxime groups is 1. The molecule has 1 aromatic rings. The summed E-state index contributed by atoms with van der Waals surface area (Å²) in [5, 5.41) is 12.9. The van der Waals surface area contributed by atoms with E-state index in [0.717, 1.165) is 31.6 Å². The van der Waals surface area contributed by atoms with Gasteiger partial charge in [-0.3, -0.25) is 0 Å². The molecule has 0 unspecified atom stereocenters. The lowest BCUT2D eigenvalue weighted by Crippen LogP contribution is -3.14. The Balaban J connectivity index is 0.00000161. The molecular weight excluding hydrogens is 286 g/mol. The Bertz CT molecular complexity index is 543. The van der Waals surface area contributed by atoms with E-state index in [1.807, 2.05) is 14.1 Å². The van der Waals surface area contributed by atoms with Crippen LogP contribution < -0.4 is 22.2 Å². The molecule has 2 N–H and O–H groups in total. The first-order valence-electron chi connectivity index (χ1n) is 7.25. The van der Waals surface area contributed by atoms with Gasteiger partial charge in [0.05, 0.1) is 13.1 Å². The van der Waals surface area contributed by atoms with Gasteiger partial charge in [0.15, 0.2) is 5.70 Å². The van der Waals surface area contributed by atoms with Crippen molar-refractivity contribution < 1.29 is 22.5 Å². The fourth-order valence-electron chi connectivity index (χ4n) is 3.26. The number of hydrogen-bond acceptors (Lipinski definition) is 3. The number of fused-ring (bicyclic) bond motifs is 3. The van der Waals surface area contributed by atoms with Crippen molar-refractivity contribution in [2.24, 2.45) is 11.1 Å². The van der Waals surface area contributed by atoms with Gasteiger partial charge in [-0.25, -0.2) is 0 Å². The fraction of sp³-hybridized carbons (Fsp3) is 0.438. The Morgan fingerprint density at radius 3 is 2.33 bits per heavy atom. The van der Waals surface area contributed by atoms with Crippen LogP contribution in [0.5, 0.6) is 0 Å². The van der Waals surface area contributed by atoms with E-state index in [-0.39, 0.29) is 12.4 Å². The third-order valence-electron chi connectivity index (χ3n) is 4.46. The maximum Gasteiger partial charge on any atom is 0.157 e. The molecule has 3 aliphatic rings. The summed E-state index contributed by atoms with van der Waals surface area (Å²) in [6, 6.07) is 8.49. The Morgan fingerprint density at radius 1 is 1.19 bits per heavy atom. The first-order valence-corrected chi connectivity index (χ1v) is 7.25. The summed E-state index contributed by atoms with van der Waals surface area (Å²) in [6.45, 7) is 2.32. The van der Waals surface area contributed by atoms with E-state index in [4.69, 9.17) is 0 Å². The van der Waals surface area contributed by atoms with Gasteiger partial charge in [0.2, 0.25) is 0 Å². The Labute approximate surface area is 132 Å². The first-order chi connectivity index (χ1) is 9.69. The van der Waals surface area contributed by atoms with E-state index in [9.17, 15) is 5.21 Å². The van der Waals surface area contributed by atoms with E-state index < -0.39 is 0 Å². The number of benzene rings is 1. The van der Waals surface area contributed by atoms with Gasteiger partial charge in [0, 0.05) is 44.6 Å². The summed E-state index contributed by atoms with van der Waals surface area (Å²) in [4.78, 5) is 3.55. The molecule has 3 heterocycles. The Morgan fingerprint density at radius 2 is 1.81 bits per heavy atom. The molecule has 4 rings (SSSR count). The number of rotatable bonds is 2. The van der Waals surface area contributed by atoms with Gasteiger partial charge in [-0.2, -0.15) is 0 Å². The van der Waals surface area contributed by atoms with Gasteiger partial charge in [-0.15, -0.1) is 0 Å². The molecule has 0 amide bonds. The molecule has 0 spiro atoms. The molecule has 3 fully saturated rings. The van der Waals surface area contributed by atoms with Crippen molar-refractivity contribution in [3.8, 4) is 0 Å². The van der Waals surface area contributed by atoms with Crippen LogP contribution in [0.15, 0.2) is 35.1 Å². The molecule has 0 radical (unpaired) electrons. The summed E-state index contributed by atoms with van der Waals surface area (Å²) in [5.74, 6) is 0.449. The molecule has 21 heavy (non-hydrogen) atoms. The smallest absolute Gasteiger partial charge is 0.157 e. The number of allylic oxidation sites excluding steroid dienone is 1. The van der Waals surface area contributed by atoms with Gasteiger partial charge in [0.25, 0.3) is 0 Å². The van der Waals surface area contributed by atoms with E-state index in [2.05, 4.69) is 40.4 Å². The zero-order valence-corrected chi connectivity index (χ0v) is 13.3. The monoisotopic (exact) mass is 307 g/mol. The van der Waals surface area contributed by atoms with Crippen molar-refractivity contribution in [3.05, 3.63) is 35.5 Å². The van der Waals surface area contributed by atoms with Gasteiger partial charge < -0.3 is 27.4 Å². The van der Waals surface area contributed by atoms with Crippen molar-refractivity contribution >= 4 is 17.5 Å². The third kappa shape index (κ3) is 3.06. The average molecular weight is 308 g/mol. The van der Waals surface area contributed by atoms with Crippen LogP contribution in [0.3, 0.4) is 0 Å². The van der Waals surface area contributed by atoms with E-state index >= 15 is 0 Å². The molecule has 4 nitrogen and oxygen atoms in total. The second-order valence-electron chi connectivity index (χ2n) is 5.91. The van der Waals surface area contributed by atoms with Gasteiger partial charge in [0.1, 0.15) is 5.71 Å². The summed E-state index contributed by atoms with van der Waals surface area (Å²) in [7, 11) is 4.08. The van der Waals surface area contributed by atoms with Crippen molar-refractivity contribution in [2.75, 3.05) is 32.1 Å². The lowest BCUT2D eigenvalue weighted by Gasteiger charge is -2.37. The lowest BCUT2D eigenvalue weighted by atomic mass is 9.83. The molecule has 0 aromatic heterocycles. The topological polar surface area (TPSA) is 40.3 Å². The standard InChI is InChI=1S/C16H21N3O.ClH/c1-18(2)14-5-3-12(4-6-14)11-15-16(17-20)13-7-9-19(15)10-8-13;/h3-6,11,13,20H,7-10H2,1-2H3;1H. The second kappa shape index (κ2) is 6.50. The largest absolute Gasteiger partial charge is 1.00 e. The van der Waals surface area contributed by atoms with Crippen molar-refractivity contribution in [3.63, 3.8) is 0 Å². The van der Waals surface area contributed by atoms with Gasteiger partial charge >= 0.3 is 0 Å². The van der Waals surface area contributed by atoms with Crippen LogP contribution in [0.1, 0.15) is 18.4 Å². The Kier molecular flexibility index (Phi) is 4.91. The fourth-order valence-corrected chi connectivity index (χ4v) is 3.26. The number of piperidine rings is 3. The zero-order chi connectivity index (χ0) is 14.1. The maximum atomic E-state index is 9.31. The molecule has 0 saturated carbocycles. The highest BCUT2D eigenvalue weighted by Gasteiger charge is 2.39. The van der Waals surface area contributed by atoms with Crippen molar-refractivity contribution in [1.82, 2.24) is 0 Å². The molecule has 0 atom stereocenters. The SMILES string of the molecule is CN(C)c1ccc(C=C2C(=NO)C3CC[NH+]2CC3)cc1.[Cl-]. The van der Waals surface area contributed by atoms with Crippen LogP contribution in [-0.4, -0.2) is 38.1 Å². The average Bonchev–Trinajstić information content (AvgIpc) is 2.49. The number of hydrogen-bond donors (Lipinski definition) is 2. The second-order valence-corrected chi connectivity index (χ2v) is 5.91. The molecule has 1 aromatic carbocycles. The van der Waals surface area contributed by atoms with Gasteiger partial charge in [-0.1, -0.05) is 17.3 Å². The highest BCUT2D eigenvalue weighted by molar-refractivity contribution is 6.03. The van der Waals surface area contributed by atoms with Crippen LogP contribution in [0, 0.1) is 5.92 Å². The summed E-state index contributed by atoms with van der Waals surface area (Å²) < 4.78 is 0. The molecule has 3 aliphatic heterocycles. The highest BCUT2D eigenvalue weighted by atomic mass is 35.5. The van der Waals surface area contributed by atoms with E-state index in [1.165, 1.54) is 21.8 Å². The molecular formula is C16H22ClN3O. The molecule has 0 aliphatic carbocycles. The Hall–Kier alpha value is -1.52. The third-order valence-corrected chi connectivity index (χ3v) is 4.46. The minimum atomic E-state index is 0. The van der Waals surface area contributed by atoms with E-state index in [0.29, 0.717) is 5.92 Å².